The highest BCUT2D eigenvalue weighted by Gasteiger charge is 2.20. The predicted octanol–water partition coefficient (Wildman–Crippen LogP) is 5.30. The lowest BCUT2D eigenvalue weighted by atomic mass is 10.1. The second-order valence-electron chi connectivity index (χ2n) is 7.20. The fourth-order valence-corrected chi connectivity index (χ4v) is 3.79. The first-order valence-electron chi connectivity index (χ1n) is 9.74. The largest absolute Gasteiger partial charge is 0.346 e. The number of nitrogens with one attached hydrogen (secondary N) is 1. The molecular formula is C24H21ClFN3O. The van der Waals surface area contributed by atoms with Crippen molar-refractivity contribution in [3.63, 3.8) is 0 Å². The molecule has 1 amide bonds. The van der Waals surface area contributed by atoms with Gasteiger partial charge in [0.25, 0.3) is 0 Å². The first-order chi connectivity index (χ1) is 14.5. The lowest BCUT2D eigenvalue weighted by Gasteiger charge is -2.17. The molecule has 0 aliphatic rings. The molecule has 1 atom stereocenters. The van der Waals surface area contributed by atoms with Crippen LogP contribution in [-0.4, -0.2) is 15.5 Å². The Hall–Kier alpha value is -3.18. The van der Waals surface area contributed by atoms with Gasteiger partial charge in [0.15, 0.2) is 0 Å². The molecule has 0 spiro atoms. The van der Waals surface area contributed by atoms with Crippen molar-refractivity contribution in [2.24, 2.45) is 0 Å². The van der Waals surface area contributed by atoms with Gasteiger partial charge in [-0.25, -0.2) is 9.37 Å². The highest BCUT2D eigenvalue weighted by molar-refractivity contribution is 6.31. The molecule has 0 unspecified atom stereocenters. The molecule has 0 aliphatic carbocycles. The second kappa shape index (κ2) is 8.67. The topological polar surface area (TPSA) is 46.9 Å². The van der Waals surface area contributed by atoms with Crippen LogP contribution in [0.15, 0.2) is 72.8 Å². The Morgan fingerprint density at radius 2 is 1.80 bits per heavy atom. The van der Waals surface area contributed by atoms with Gasteiger partial charge in [0.05, 0.1) is 30.0 Å². The number of carbonyl (C=O) groups is 1. The van der Waals surface area contributed by atoms with E-state index in [1.165, 1.54) is 6.07 Å². The van der Waals surface area contributed by atoms with Crippen molar-refractivity contribution in [1.82, 2.24) is 14.9 Å². The number of para-hydroxylation sites is 2. The number of hydrogen-bond donors (Lipinski definition) is 1. The van der Waals surface area contributed by atoms with E-state index in [0.29, 0.717) is 16.4 Å². The fraction of sp³-hybridized carbons (Fsp3) is 0.167. The summed E-state index contributed by atoms with van der Waals surface area (Å²) in [5.74, 6) is 0.181. The Morgan fingerprint density at radius 3 is 2.57 bits per heavy atom. The van der Waals surface area contributed by atoms with Gasteiger partial charge in [0.1, 0.15) is 11.6 Å². The van der Waals surface area contributed by atoms with Crippen molar-refractivity contribution < 1.29 is 9.18 Å². The van der Waals surface area contributed by atoms with E-state index in [9.17, 15) is 9.18 Å². The molecule has 1 N–H and O–H groups in total. The smallest absolute Gasteiger partial charge is 0.224 e. The van der Waals surface area contributed by atoms with E-state index < -0.39 is 0 Å². The summed E-state index contributed by atoms with van der Waals surface area (Å²) < 4.78 is 16.3. The van der Waals surface area contributed by atoms with Gasteiger partial charge in [-0.3, -0.25) is 4.79 Å². The summed E-state index contributed by atoms with van der Waals surface area (Å²) in [6.07, 6.45) is 0.282. The van der Waals surface area contributed by atoms with Crippen LogP contribution in [-0.2, 0) is 17.8 Å². The van der Waals surface area contributed by atoms with Crippen molar-refractivity contribution in [3.05, 3.63) is 101 Å². The maximum atomic E-state index is 14.4. The standard InChI is InChI=1S/C24H21ClFN3O/c1-16(27-23(30)14-17-8-3-2-4-9-17)24-28-21-12-5-6-13-22(21)29(24)15-18-19(25)10-7-11-20(18)26/h2-13,16H,14-15H2,1H3,(H,27,30)/t16-/m1/s1. The third-order valence-electron chi connectivity index (χ3n) is 5.03. The van der Waals surface area contributed by atoms with Crippen LogP contribution in [0.3, 0.4) is 0 Å². The first-order valence-corrected chi connectivity index (χ1v) is 10.1. The van der Waals surface area contributed by atoms with Gasteiger partial charge in [0, 0.05) is 10.6 Å². The molecule has 4 rings (SSSR count). The van der Waals surface area contributed by atoms with Gasteiger partial charge < -0.3 is 9.88 Å². The number of aromatic nitrogens is 2. The van der Waals surface area contributed by atoms with Crippen LogP contribution in [0.1, 0.15) is 29.9 Å². The van der Waals surface area contributed by atoms with Crippen molar-refractivity contribution >= 4 is 28.5 Å². The van der Waals surface area contributed by atoms with Crippen LogP contribution in [0.4, 0.5) is 4.39 Å². The SMILES string of the molecule is C[C@@H](NC(=O)Cc1ccccc1)c1nc2ccccc2n1Cc1c(F)cccc1Cl. The predicted molar refractivity (Wildman–Crippen MR) is 117 cm³/mol. The monoisotopic (exact) mass is 421 g/mol. The number of fused-ring (bicyclic) bond motifs is 1. The molecule has 152 valence electrons. The molecule has 3 aromatic carbocycles. The average Bonchev–Trinajstić information content (AvgIpc) is 3.10. The Bertz CT molecular complexity index is 1170. The number of hydrogen-bond acceptors (Lipinski definition) is 2. The zero-order valence-corrected chi connectivity index (χ0v) is 17.2. The summed E-state index contributed by atoms with van der Waals surface area (Å²) in [4.78, 5) is 17.3. The highest BCUT2D eigenvalue weighted by Crippen LogP contribution is 2.26. The number of halogens is 2. The van der Waals surface area contributed by atoms with E-state index in [1.54, 1.807) is 12.1 Å². The molecule has 4 nitrogen and oxygen atoms in total. The van der Waals surface area contributed by atoms with Crippen LogP contribution < -0.4 is 5.32 Å². The minimum absolute atomic E-state index is 0.101. The third-order valence-corrected chi connectivity index (χ3v) is 5.39. The molecule has 0 fully saturated rings. The molecule has 6 heteroatoms. The summed E-state index contributed by atoms with van der Waals surface area (Å²) in [5, 5.41) is 3.37. The Kier molecular flexibility index (Phi) is 5.81. The Morgan fingerprint density at radius 1 is 1.07 bits per heavy atom. The maximum absolute atomic E-state index is 14.4. The van der Waals surface area contributed by atoms with Crippen LogP contribution >= 0.6 is 11.6 Å². The zero-order chi connectivity index (χ0) is 21.1. The Labute approximate surface area is 179 Å². The molecule has 1 heterocycles. The molecule has 0 radical (unpaired) electrons. The molecule has 0 saturated carbocycles. The molecule has 1 aromatic heterocycles. The molecule has 30 heavy (non-hydrogen) atoms. The highest BCUT2D eigenvalue weighted by atomic mass is 35.5. The molecule has 4 aromatic rings. The fourth-order valence-electron chi connectivity index (χ4n) is 3.57. The molecule has 0 aliphatic heterocycles. The summed E-state index contributed by atoms with van der Waals surface area (Å²) >= 11 is 6.26. The molecular weight excluding hydrogens is 401 g/mol. The molecule has 0 saturated heterocycles. The second-order valence-corrected chi connectivity index (χ2v) is 7.60. The van der Waals surface area contributed by atoms with Crippen LogP contribution in [0.5, 0.6) is 0 Å². The number of amides is 1. The minimum atomic E-state index is -0.369. The molecule has 0 bridgehead atoms. The van der Waals surface area contributed by atoms with E-state index in [1.807, 2.05) is 66.1 Å². The summed E-state index contributed by atoms with van der Waals surface area (Å²) in [6, 6.07) is 21.5. The van der Waals surface area contributed by atoms with E-state index in [-0.39, 0.29) is 30.7 Å². The quantitative estimate of drug-likeness (QED) is 0.459. The van der Waals surface area contributed by atoms with E-state index >= 15 is 0 Å². The van der Waals surface area contributed by atoms with Crippen LogP contribution in [0, 0.1) is 5.82 Å². The first kappa shape index (κ1) is 20.1. The average molecular weight is 422 g/mol. The summed E-state index contributed by atoms with van der Waals surface area (Å²) in [6.45, 7) is 2.10. The van der Waals surface area contributed by atoms with Crippen molar-refractivity contribution in [3.8, 4) is 0 Å². The summed E-state index contributed by atoms with van der Waals surface area (Å²) in [7, 11) is 0. The Balaban J connectivity index is 1.65. The van der Waals surface area contributed by atoms with E-state index in [4.69, 9.17) is 16.6 Å². The van der Waals surface area contributed by atoms with Crippen molar-refractivity contribution in [2.75, 3.05) is 0 Å². The summed E-state index contributed by atoms with van der Waals surface area (Å²) in [5.41, 5.74) is 2.97. The number of imidazole rings is 1. The maximum Gasteiger partial charge on any atom is 0.224 e. The van der Waals surface area contributed by atoms with Crippen molar-refractivity contribution in [1.29, 1.82) is 0 Å². The third kappa shape index (κ3) is 4.21. The van der Waals surface area contributed by atoms with Gasteiger partial charge in [-0.2, -0.15) is 0 Å². The number of benzene rings is 3. The van der Waals surface area contributed by atoms with Crippen LogP contribution in [0.25, 0.3) is 11.0 Å². The van der Waals surface area contributed by atoms with Gasteiger partial charge in [0.2, 0.25) is 5.91 Å². The van der Waals surface area contributed by atoms with Gasteiger partial charge in [-0.15, -0.1) is 0 Å². The number of nitrogens with zero attached hydrogens (tertiary/aromatic N) is 2. The van der Waals surface area contributed by atoms with Crippen molar-refractivity contribution in [2.45, 2.75) is 25.9 Å². The van der Waals surface area contributed by atoms with Gasteiger partial charge >= 0.3 is 0 Å². The lowest BCUT2D eigenvalue weighted by Crippen LogP contribution is -2.30. The van der Waals surface area contributed by atoms with Gasteiger partial charge in [-0.1, -0.05) is 60.1 Å². The minimum Gasteiger partial charge on any atom is -0.346 e. The normalized spacial score (nSPS) is 12.1. The van der Waals surface area contributed by atoms with E-state index in [2.05, 4.69) is 5.32 Å². The number of rotatable bonds is 6. The lowest BCUT2D eigenvalue weighted by molar-refractivity contribution is -0.121. The van der Waals surface area contributed by atoms with Gasteiger partial charge in [-0.05, 0) is 36.8 Å². The zero-order valence-electron chi connectivity index (χ0n) is 16.5. The van der Waals surface area contributed by atoms with E-state index in [0.717, 1.165) is 16.6 Å². The number of carbonyl (C=O) groups excluding carboxylic acids is 1. The van der Waals surface area contributed by atoms with Crippen LogP contribution in [0.2, 0.25) is 5.02 Å².